The molecule has 1 N–H and O–H groups in total. The van der Waals surface area contributed by atoms with E-state index in [1.54, 1.807) is 34.9 Å². The molecule has 4 rings (SSSR count). The van der Waals surface area contributed by atoms with Crippen LogP contribution in [0.25, 0.3) is 5.65 Å². The number of amides is 1. The number of rotatable bonds is 5. The molecular weight excluding hydrogens is 398 g/mol. The molecule has 0 bridgehead atoms. The number of carbonyl (C=O) groups excluding carboxylic acids is 1. The molecule has 0 atom stereocenters. The van der Waals surface area contributed by atoms with Gasteiger partial charge in [0.05, 0.1) is 5.56 Å². The Morgan fingerprint density at radius 2 is 1.72 bits per heavy atom. The van der Waals surface area contributed by atoms with Crippen LogP contribution in [0.4, 0.5) is 8.78 Å². The minimum absolute atomic E-state index is 0.0773. The molecule has 0 fully saturated rings. The van der Waals surface area contributed by atoms with Crippen LogP contribution < -0.4 is 5.32 Å². The number of hydrogen-bond donors (Lipinski definition) is 1. The van der Waals surface area contributed by atoms with E-state index in [9.17, 15) is 13.6 Å². The molecule has 1 amide bonds. The van der Waals surface area contributed by atoms with E-state index in [-0.39, 0.29) is 12.5 Å². The smallest absolute Gasteiger partial charge is 0.253 e. The highest BCUT2D eigenvalue weighted by Gasteiger charge is 2.12. The molecule has 2 heterocycles. The lowest BCUT2D eigenvalue weighted by molar-refractivity contribution is 0.0950. The Hall–Kier alpha value is -3.32. The summed E-state index contributed by atoms with van der Waals surface area (Å²) in [5.41, 5.74) is 2.49. The van der Waals surface area contributed by atoms with Gasteiger partial charge in [-0.25, -0.2) is 8.78 Å². The van der Waals surface area contributed by atoms with E-state index < -0.39 is 11.6 Å². The summed E-state index contributed by atoms with van der Waals surface area (Å²) in [7, 11) is 0. The highest BCUT2D eigenvalue weighted by molar-refractivity contribution is 6.30. The van der Waals surface area contributed by atoms with E-state index in [1.807, 2.05) is 12.1 Å². The quantitative estimate of drug-likeness (QED) is 0.535. The number of hydrogen-bond acceptors (Lipinski definition) is 3. The topological polar surface area (TPSA) is 59.3 Å². The van der Waals surface area contributed by atoms with Gasteiger partial charge in [0.15, 0.2) is 17.3 Å². The highest BCUT2D eigenvalue weighted by atomic mass is 35.5. The summed E-state index contributed by atoms with van der Waals surface area (Å²) in [6.45, 7) is 0.0773. The molecule has 0 radical (unpaired) electrons. The molecule has 5 nitrogen and oxygen atoms in total. The predicted molar refractivity (Wildman–Crippen MR) is 105 cm³/mol. The van der Waals surface area contributed by atoms with E-state index in [1.165, 1.54) is 6.07 Å². The largest absolute Gasteiger partial charge is 0.348 e. The summed E-state index contributed by atoms with van der Waals surface area (Å²) in [6, 6.07) is 14.3. The van der Waals surface area contributed by atoms with Crippen molar-refractivity contribution >= 4 is 23.2 Å². The maximum atomic E-state index is 13.3. The van der Waals surface area contributed by atoms with Gasteiger partial charge >= 0.3 is 0 Å². The molecule has 0 aliphatic rings. The maximum absolute atomic E-state index is 13.3. The Kier molecular flexibility index (Phi) is 5.22. The van der Waals surface area contributed by atoms with Crippen molar-refractivity contribution < 1.29 is 13.6 Å². The third-order valence-electron chi connectivity index (χ3n) is 4.45. The zero-order valence-corrected chi connectivity index (χ0v) is 15.8. The number of benzene rings is 2. The van der Waals surface area contributed by atoms with Crippen molar-refractivity contribution in [2.75, 3.05) is 0 Å². The van der Waals surface area contributed by atoms with Gasteiger partial charge in [0, 0.05) is 24.2 Å². The summed E-state index contributed by atoms with van der Waals surface area (Å²) in [5.74, 6) is -1.54. The van der Waals surface area contributed by atoms with Gasteiger partial charge < -0.3 is 5.32 Å². The van der Waals surface area contributed by atoms with E-state index >= 15 is 0 Å². The second kappa shape index (κ2) is 7.97. The second-order valence-corrected chi connectivity index (χ2v) is 6.93. The Labute approximate surface area is 170 Å². The number of carbonyl (C=O) groups is 1. The normalized spacial score (nSPS) is 11.0. The average molecular weight is 413 g/mol. The van der Waals surface area contributed by atoms with Crippen LogP contribution in [0.5, 0.6) is 0 Å². The van der Waals surface area contributed by atoms with E-state index in [4.69, 9.17) is 11.6 Å². The van der Waals surface area contributed by atoms with E-state index in [0.717, 1.165) is 17.7 Å². The Bertz CT molecular complexity index is 1190. The first kappa shape index (κ1) is 19.0. The summed E-state index contributed by atoms with van der Waals surface area (Å²) in [5, 5.41) is 11.7. The SMILES string of the molecule is O=C(NCc1ccc(F)c(F)c1)c1ccc2nnc(Cc3ccc(Cl)cc3)n2c1. The average Bonchev–Trinajstić information content (AvgIpc) is 3.12. The van der Waals surface area contributed by atoms with Gasteiger partial charge in [0.1, 0.15) is 5.82 Å². The summed E-state index contributed by atoms with van der Waals surface area (Å²) in [6.07, 6.45) is 2.18. The van der Waals surface area contributed by atoms with Gasteiger partial charge in [-0.3, -0.25) is 9.20 Å². The maximum Gasteiger partial charge on any atom is 0.253 e. The zero-order chi connectivity index (χ0) is 20.4. The first-order chi connectivity index (χ1) is 14.0. The van der Waals surface area contributed by atoms with Crippen LogP contribution in [0.3, 0.4) is 0 Å². The highest BCUT2D eigenvalue weighted by Crippen LogP contribution is 2.15. The summed E-state index contributed by atoms with van der Waals surface area (Å²) in [4.78, 5) is 12.5. The van der Waals surface area contributed by atoms with Crippen LogP contribution in [0.15, 0.2) is 60.8 Å². The number of aromatic nitrogens is 3. The van der Waals surface area contributed by atoms with Crippen LogP contribution in [0.1, 0.15) is 27.3 Å². The molecule has 29 heavy (non-hydrogen) atoms. The molecule has 0 aliphatic carbocycles. The number of fused-ring (bicyclic) bond motifs is 1. The van der Waals surface area contributed by atoms with Gasteiger partial charge in [0.2, 0.25) is 0 Å². The van der Waals surface area contributed by atoms with Gasteiger partial charge in [-0.2, -0.15) is 0 Å². The van der Waals surface area contributed by atoms with Crippen molar-refractivity contribution in [3.63, 3.8) is 0 Å². The molecule has 4 aromatic rings. The van der Waals surface area contributed by atoms with E-state index in [0.29, 0.717) is 34.0 Å². The number of halogens is 3. The van der Waals surface area contributed by atoms with Crippen molar-refractivity contribution in [2.24, 2.45) is 0 Å². The van der Waals surface area contributed by atoms with Crippen molar-refractivity contribution in [3.8, 4) is 0 Å². The third kappa shape index (κ3) is 4.25. The van der Waals surface area contributed by atoms with Crippen molar-refractivity contribution in [1.29, 1.82) is 0 Å². The monoisotopic (exact) mass is 412 g/mol. The molecule has 2 aromatic carbocycles. The molecule has 0 saturated carbocycles. The first-order valence-electron chi connectivity index (χ1n) is 8.80. The van der Waals surface area contributed by atoms with Gasteiger partial charge in [-0.15, -0.1) is 10.2 Å². The Balaban J connectivity index is 1.52. The van der Waals surface area contributed by atoms with Crippen molar-refractivity contribution in [1.82, 2.24) is 19.9 Å². The number of pyridine rings is 1. The molecule has 146 valence electrons. The molecule has 0 aliphatic heterocycles. The minimum Gasteiger partial charge on any atom is -0.348 e. The fourth-order valence-corrected chi connectivity index (χ4v) is 3.04. The fraction of sp³-hybridized carbons (Fsp3) is 0.0952. The van der Waals surface area contributed by atoms with Gasteiger partial charge in [-0.05, 0) is 47.5 Å². The Morgan fingerprint density at radius 1 is 0.966 bits per heavy atom. The van der Waals surface area contributed by atoms with E-state index in [2.05, 4.69) is 15.5 Å². The van der Waals surface area contributed by atoms with Crippen LogP contribution >= 0.6 is 11.6 Å². The van der Waals surface area contributed by atoms with Crippen molar-refractivity contribution in [2.45, 2.75) is 13.0 Å². The molecular formula is C21H15ClF2N4O. The Morgan fingerprint density at radius 3 is 2.48 bits per heavy atom. The molecule has 0 unspecified atom stereocenters. The predicted octanol–water partition coefficient (Wildman–Crippen LogP) is 4.18. The lowest BCUT2D eigenvalue weighted by atomic mass is 10.1. The summed E-state index contributed by atoms with van der Waals surface area (Å²) >= 11 is 5.92. The standard InChI is InChI=1S/C21H15ClF2N4O/c22-16-5-1-13(2-6-16)10-20-27-26-19-8-4-15(12-28(19)20)21(29)25-11-14-3-7-17(23)18(24)9-14/h1-9,12H,10-11H2,(H,25,29). The zero-order valence-electron chi connectivity index (χ0n) is 15.1. The lowest BCUT2D eigenvalue weighted by Gasteiger charge is -2.07. The van der Waals surface area contributed by atoms with Crippen LogP contribution in [0, 0.1) is 11.6 Å². The number of nitrogens with zero attached hydrogens (tertiary/aromatic N) is 3. The fourth-order valence-electron chi connectivity index (χ4n) is 2.91. The number of nitrogens with one attached hydrogen (secondary N) is 1. The summed E-state index contributed by atoms with van der Waals surface area (Å²) < 4.78 is 28.1. The van der Waals surface area contributed by atoms with Crippen LogP contribution in [-0.2, 0) is 13.0 Å². The van der Waals surface area contributed by atoms with Gasteiger partial charge in [-0.1, -0.05) is 29.8 Å². The third-order valence-corrected chi connectivity index (χ3v) is 4.70. The second-order valence-electron chi connectivity index (χ2n) is 6.50. The minimum atomic E-state index is -0.950. The molecule has 2 aromatic heterocycles. The molecule has 0 spiro atoms. The van der Waals surface area contributed by atoms with Crippen molar-refractivity contribution in [3.05, 3.63) is 100.0 Å². The van der Waals surface area contributed by atoms with Gasteiger partial charge in [0.25, 0.3) is 5.91 Å². The first-order valence-corrected chi connectivity index (χ1v) is 9.17. The molecule has 0 saturated heterocycles. The van der Waals surface area contributed by atoms with Crippen LogP contribution in [-0.4, -0.2) is 20.5 Å². The van der Waals surface area contributed by atoms with Crippen LogP contribution in [0.2, 0.25) is 5.02 Å². The molecule has 8 heteroatoms. The lowest BCUT2D eigenvalue weighted by Crippen LogP contribution is -2.23.